The van der Waals surface area contributed by atoms with E-state index in [2.05, 4.69) is 0 Å². The Kier molecular flexibility index (Phi) is 5.55. The lowest BCUT2D eigenvalue weighted by molar-refractivity contribution is -0.140. The van der Waals surface area contributed by atoms with E-state index in [0.717, 1.165) is 6.07 Å². The molecule has 1 aromatic carbocycles. The summed E-state index contributed by atoms with van der Waals surface area (Å²) in [6.45, 7) is 4.03. The van der Waals surface area contributed by atoms with Crippen molar-refractivity contribution >= 4 is 5.91 Å². The number of amides is 1. The highest BCUT2D eigenvalue weighted by Gasteiger charge is 2.41. The number of benzene rings is 1. The maximum absolute atomic E-state index is 13.3. The molecule has 4 nitrogen and oxygen atoms in total. The third-order valence-corrected chi connectivity index (χ3v) is 4.49. The lowest BCUT2D eigenvalue weighted by atomic mass is 9.97. The minimum absolute atomic E-state index is 0.0436. The molecule has 0 saturated carbocycles. The Labute approximate surface area is 139 Å². The molecule has 0 aliphatic carbocycles. The number of hydrogen-bond donors (Lipinski definition) is 1. The van der Waals surface area contributed by atoms with Gasteiger partial charge in [0.1, 0.15) is 0 Å². The molecule has 1 aliphatic heterocycles. The molecule has 1 fully saturated rings. The fourth-order valence-corrected chi connectivity index (χ4v) is 2.92. The molecule has 2 atom stereocenters. The summed E-state index contributed by atoms with van der Waals surface area (Å²) in [6, 6.07) is 4.64. The molecule has 0 radical (unpaired) electrons. The van der Waals surface area contributed by atoms with E-state index in [4.69, 9.17) is 0 Å². The molecule has 1 aromatic rings. The van der Waals surface area contributed by atoms with Crippen LogP contribution >= 0.6 is 0 Å². The topological polar surface area (TPSA) is 43.8 Å². The van der Waals surface area contributed by atoms with Crippen LogP contribution < -0.4 is 0 Å². The van der Waals surface area contributed by atoms with Gasteiger partial charge in [-0.15, -0.1) is 0 Å². The molecule has 0 aromatic heterocycles. The van der Waals surface area contributed by atoms with Crippen molar-refractivity contribution in [3.63, 3.8) is 0 Å². The molecular formula is C17H23F3N2O2. The summed E-state index contributed by atoms with van der Waals surface area (Å²) < 4.78 is 39.8. The highest BCUT2D eigenvalue weighted by atomic mass is 19.4. The first-order valence-corrected chi connectivity index (χ1v) is 7.95. The number of hydrogen-bond acceptors (Lipinski definition) is 3. The van der Waals surface area contributed by atoms with E-state index in [1.807, 2.05) is 18.7 Å². The summed E-state index contributed by atoms with van der Waals surface area (Å²) in [5.74, 6) is -0.273. The van der Waals surface area contributed by atoms with Crippen molar-refractivity contribution in [1.29, 1.82) is 0 Å². The first kappa shape index (κ1) is 18.7. The minimum atomic E-state index is -4.49. The Bertz CT molecular complexity index is 589. The third-order valence-electron chi connectivity index (χ3n) is 4.49. The Morgan fingerprint density at radius 2 is 2.00 bits per heavy atom. The van der Waals surface area contributed by atoms with Crippen LogP contribution in [0.4, 0.5) is 13.2 Å². The van der Waals surface area contributed by atoms with Gasteiger partial charge in [0.05, 0.1) is 24.3 Å². The van der Waals surface area contributed by atoms with E-state index in [1.165, 1.54) is 23.1 Å². The normalized spacial score (nSPS) is 21.8. The van der Waals surface area contributed by atoms with Gasteiger partial charge in [-0.1, -0.05) is 18.2 Å². The fourth-order valence-electron chi connectivity index (χ4n) is 2.92. The van der Waals surface area contributed by atoms with E-state index in [-0.39, 0.29) is 37.0 Å². The fraction of sp³-hybridized carbons (Fsp3) is 0.588. The highest BCUT2D eigenvalue weighted by Crippen LogP contribution is 2.40. The van der Waals surface area contributed by atoms with Crippen LogP contribution in [0.3, 0.4) is 0 Å². The van der Waals surface area contributed by atoms with Gasteiger partial charge in [-0.05, 0) is 38.9 Å². The number of carbonyl (C=O) groups is 1. The number of likely N-dealkylation sites (tertiary alicyclic amines) is 1. The summed E-state index contributed by atoms with van der Waals surface area (Å²) >= 11 is 0. The molecular weight excluding hydrogens is 321 g/mol. The van der Waals surface area contributed by atoms with Crippen molar-refractivity contribution < 1.29 is 23.1 Å². The second-order valence-corrected chi connectivity index (χ2v) is 6.55. The predicted molar refractivity (Wildman–Crippen MR) is 84.3 cm³/mol. The van der Waals surface area contributed by atoms with Crippen molar-refractivity contribution in [3.05, 3.63) is 35.4 Å². The first-order valence-electron chi connectivity index (χ1n) is 7.95. The predicted octanol–water partition coefficient (Wildman–Crippen LogP) is 2.68. The molecule has 0 bridgehead atoms. The molecule has 1 aliphatic rings. The number of alkyl halides is 3. The summed E-state index contributed by atoms with van der Waals surface area (Å²) in [5.41, 5.74) is -0.707. The van der Waals surface area contributed by atoms with Crippen LogP contribution in [-0.4, -0.2) is 53.1 Å². The van der Waals surface area contributed by atoms with Crippen molar-refractivity contribution in [3.8, 4) is 0 Å². The van der Waals surface area contributed by atoms with Crippen LogP contribution in [0.5, 0.6) is 0 Å². The monoisotopic (exact) mass is 344 g/mol. The molecule has 1 amide bonds. The Balaban J connectivity index is 2.30. The summed E-state index contributed by atoms with van der Waals surface area (Å²) in [5, 5.41) is 9.93. The second-order valence-electron chi connectivity index (χ2n) is 6.55. The van der Waals surface area contributed by atoms with Crippen molar-refractivity contribution in [2.45, 2.75) is 44.6 Å². The number of β-amino-alcohol motifs (C(OH)–C–C–N with tert-alkyl or cyclic N) is 1. The van der Waals surface area contributed by atoms with E-state index < -0.39 is 23.9 Å². The number of aliphatic hydroxyl groups is 1. The smallest absolute Gasteiger partial charge is 0.391 e. The van der Waals surface area contributed by atoms with Gasteiger partial charge in [0, 0.05) is 12.6 Å². The molecule has 1 saturated heterocycles. The van der Waals surface area contributed by atoms with Crippen LogP contribution in [0, 0.1) is 0 Å². The maximum Gasteiger partial charge on any atom is 0.416 e. The van der Waals surface area contributed by atoms with Gasteiger partial charge in [-0.25, -0.2) is 0 Å². The number of likely N-dealkylation sites (N-methyl/N-ethyl adjacent to an activating group) is 1. The molecule has 1 heterocycles. The second kappa shape index (κ2) is 7.11. The van der Waals surface area contributed by atoms with Crippen LogP contribution in [0.1, 0.15) is 37.4 Å². The average Bonchev–Trinajstić information content (AvgIpc) is 2.88. The van der Waals surface area contributed by atoms with E-state index in [0.29, 0.717) is 0 Å². The van der Waals surface area contributed by atoms with Gasteiger partial charge < -0.3 is 10.0 Å². The molecule has 2 rings (SSSR count). The minimum Gasteiger partial charge on any atom is -0.391 e. The van der Waals surface area contributed by atoms with Gasteiger partial charge in [0.15, 0.2) is 0 Å². The largest absolute Gasteiger partial charge is 0.416 e. The standard InChI is InChI=1S/C17H23F3N2O2/c1-11(2)21(3)10-16(24)22-9-12(23)8-15(22)13-6-4-5-7-14(13)17(18,19)20/h4-7,11-12,15,23H,8-10H2,1-3H3/t12-,15-/m0/s1. The first-order chi connectivity index (χ1) is 11.1. The zero-order valence-electron chi connectivity index (χ0n) is 14.0. The molecule has 134 valence electrons. The van der Waals surface area contributed by atoms with Crippen LogP contribution in [-0.2, 0) is 11.0 Å². The lowest BCUT2D eigenvalue weighted by Gasteiger charge is -2.29. The van der Waals surface area contributed by atoms with Gasteiger partial charge in [0.25, 0.3) is 0 Å². The van der Waals surface area contributed by atoms with Gasteiger partial charge in [0.2, 0.25) is 5.91 Å². The zero-order valence-corrected chi connectivity index (χ0v) is 14.0. The van der Waals surface area contributed by atoms with Gasteiger partial charge >= 0.3 is 6.18 Å². The van der Waals surface area contributed by atoms with Crippen molar-refractivity contribution in [1.82, 2.24) is 9.80 Å². The molecule has 1 N–H and O–H groups in total. The number of carbonyl (C=O) groups excluding carboxylic acids is 1. The molecule has 24 heavy (non-hydrogen) atoms. The number of aliphatic hydroxyl groups excluding tert-OH is 1. The SMILES string of the molecule is CC(C)N(C)CC(=O)N1C[C@@H](O)C[C@H]1c1ccccc1C(F)(F)F. The Morgan fingerprint density at radius 3 is 2.58 bits per heavy atom. The number of nitrogens with zero attached hydrogens (tertiary/aromatic N) is 2. The van der Waals surface area contributed by atoms with Crippen molar-refractivity contribution in [2.24, 2.45) is 0 Å². The van der Waals surface area contributed by atoms with Crippen LogP contribution in [0.25, 0.3) is 0 Å². The quantitative estimate of drug-likeness (QED) is 0.913. The van der Waals surface area contributed by atoms with E-state index >= 15 is 0 Å². The Hall–Kier alpha value is -1.60. The summed E-state index contributed by atoms with van der Waals surface area (Å²) in [4.78, 5) is 15.7. The van der Waals surface area contributed by atoms with Gasteiger partial charge in [-0.3, -0.25) is 9.69 Å². The average molecular weight is 344 g/mol. The van der Waals surface area contributed by atoms with E-state index in [9.17, 15) is 23.1 Å². The summed E-state index contributed by atoms with van der Waals surface area (Å²) in [7, 11) is 1.79. The van der Waals surface area contributed by atoms with Crippen molar-refractivity contribution in [2.75, 3.05) is 20.1 Å². The van der Waals surface area contributed by atoms with Gasteiger partial charge in [-0.2, -0.15) is 13.2 Å². The van der Waals surface area contributed by atoms with Crippen LogP contribution in [0.15, 0.2) is 24.3 Å². The zero-order chi connectivity index (χ0) is 18.1. The van der Waals surface area contributed by atoms with E-state index in [1.54, 1.807) is 7.05 Å². The summed E-state index contributed by atoms with van der Waals surface area (Å²) in [6.07, 6.45) is -5.19. The Morgan fingerprint density at radius 1 is 1.38 bits per heavy atom. The molecule has 0 spiro atoms. The number of rotatable bonds is 4. The lowest BCUT2D eigenvalue weighted by Crippen LogP contribution is -2.41. The molecule has 7 heteroatoms. The number of halogens is 3. The maximum atomic E-state index is 13.3. The third kappa shape index (κ3) is 4.08. The molecule has 0 unspecified atom stereocenters. The van der Waals surface area contributed by atoms with Crippen LogP contribution in [0.2, 0.25) is 0 Å². The highest BCUT2D eigenvalue weighted by molar-refractivity contribution is 5.79.